The molecular formula is C22H20N2OS3. The third kappa shape index (κ3) is 4.41. The van der Waals surface area contributed by atoms with E-state index < -0.39 is 0 Å². The average Bonchev–Trinajstić information content (AvgIpc) is 3.48. The van der Waals surface area contributed by atoms with Gasteiger partial charge in [0.25, 0.3) is 0 Å². The third-order valence-electron chi connectivity index (χ3n) is 4.52. The Labute approximate surface area is 176 Å². The fraction of sp³-hybridized carbons (Fsp3) is 0.182. The van der Waals surface area contributed by atoms with E-state index in [1.807, 2.05) is 22.2 Å². The zero-order valence-electron chi connectivity index (χ0n) is 15.4. The van der Waals surface area contributed by atoms with Gasteiger partial charge in [0.1, 0.15) is 5.01 Å². The molecule has 3 heterocycles. The number of thiazole rings is 1. The van der Waals surface area contributed by atoms with E-state index in [9.17, 15) is 4.79 Å². The molecule has 0 saturated carbocycles. The van der Waals surface area contributed by atoms with Gasteiger partial charge in [-0.05, 0) is 40.4 Å². The highest BCUT2D eigenvalue weighted by molar-refractivity contribution is 7.14. The monoisotopic (exact) mass is 424 g/mol. The number of nitrogens with one attached hydrogen (secondary N) is 1. The summed E-state index contributed by atoms with van der Waals surface area (Å²) in [5.74, 6) is -0.0138. The number of hydrogen-bond acceptors (Lipinski definition) is 5. The van der Waals surface area contributed by atoms with Crippen molar-refractivity contribution in [1.29, 1.82) is 0 Å². The molecule has 4 aromatic rings. The number of carbonyl (C=O) groups is 1. The Morgan fingerprint density at radius 3 is 2.61 bits per heavy atom. The molecule has 0 aliphatic carbocycles. The second-order valence-electron chi connectivity index (χ2n) is 6.44. The highest BCUT2D eigenvalue weighted by Gasteiger charge is 2.19. The van der Waals surface area contributed by atoms with Gasteiger partial charge in [-0.2, -0.15) is 11.3 Å². The second kappa shape index (κ2) is 8.82. The van der Waals surface area contributed by atoms with Crippen LogP contribution in [0.25, 0.3) is 10.6 Å². The number of hydrogen-bond donors (Lipinski definition) is 1. The molecule has 1 aromatic carbocycles. The molecule has 1 amide bonds. The van der Waals surface area contributed by atoms with Crippen LogP contribution in [0.1, 0.15) is 34.7 Å². The summed E-state index contributed by atoms with van der Waals surface area (Å²) in [7, 11) is 0. The minimum Gasteiger partial charge on any atom is -0.344 e. The Bertz CT molecular complexity index is 1020. The predicted octanol–water partition coefficient (Wildman–Crippen LogP) is 5.94. The Balaban J connectivity index is 1.49. The van der Waals surface area contributed by atoms with Gasteiger partial charge in [-0.3, -0.25) is 4.79 Å². The maximum absolute atomic E-state index is 12.8. The smallest absolute Gasteiger partial charge is 0.226 e. The van der Waals surface area contributed by atoms with Gasteiger partial charge < -0.3 is 5.32 Å². The van der Waals surface area contributed by atoms with Crippen LogP contribution < -0.4 is 5.32 Å². The van der Waals surface area contributed by atoms with Crippen molar-refractivity contribution in [3.8, 4) is 10.6 Å². The highest BCUT2D eigenvalue weighted by atomic mass is 32.1. The molecule has 0 bridgehead atoms. The number of nitrogens with zero attached hydrogens (tertiary/aromatic N) is 1. The summed E-state index contributed by atoms with van der Waals surface area (Å²) in [6.07, 6.45) is 1.29. The zero-order valence-corrected chi connectivity index (χ0v) is 17.9. The van der Waals surface area contributed by atoms with Crippen LogP contribution in [-0.2, 0) is 17.6 Å². The van der Waals surface area contributed by atoms with E-state index in [-0.39, 0.29) is 18.4 Å². The standard InChI is InChI=1S/C22H20N2OS3/c1-2-15-5-7-16(8-6-15)21(19-4-3-10-27-19)24-20(25)12-18-14-28-22(23-18)17-9-11-26-13-17/h3-11,13-14,21H,2,12H2,1H3,(H,24,25). The first-order chi connectivity index (χ1) is 13.7. The molecule has 0 aliphatic heterocycles. The second-order valence-corrected chi connectivity index (χ2v) is 9.06. The fourth-order valence-corrected chi connectivity index (χ4v) is 5.34. The number of aryl methyl sites for hydroxylation is 1. The summed E-state index contributed by atoms with van der Waals surface area (Å²) in [5, 5.41) is 12.3. The van der Waals surface area contributed by atoms with Crippen LogP contribution >= 0.6 is 34.0 Å². The molecule has 1 N–H and O–H groups in total. The third-order valence-corrected chi connectivity index (χ3v) is 7.08. The number of aromatic nitrogens is 1. The van der Waals surface area contributed by atoms with Crippen LogP contribution in [0, 0.1) is 0 Å². The van der Waals surface area contributed by atoms with E-state index in [0.717, 1.165) is 33.1 Å². The fourth-order valence-electron chi connectivity index (χ4n) is 3.00. The van der Waals surface area contributed by atoms with Crippen LogP contribution in [0.3, 0.4) is 0 Å². The van der Waals surface area contributed by atoms with Gasteiger partial charge in [0.05, 0.1) is 18.2 Å². The van der Waals surface area contributed by atoms with Crippen LogP contribution in [0.5, 0.6) is 0 Å². The lowest BCUT2D eigenvalue weighted by Crippen LogP contribution is -2.30. The van der Waals surface area contributed by atoms with Gasteiger partial charge in [-0.15, -0.1) is 22.7 Å². The zero-order chi connectivity index (χ0) is 19.3. The molecule has 6 heteroatoms. The molecule has 0 fully saturated rings. The van der Waals surface area contributed by atoms with Crippen LogP contribution in [0.2, 0.25) is 0 Å². The van der Waals surface area contributed by atoms with Crippen LogP contribution in [-0.4, -0.2) is 10.9 Å². The van der Waals surface area contributed by atoms with Crippen molar-refractivity contribution in [2.45, 2.75) is 25.8 Å². The number of thiophene rings is 2. The van der Waals surface area contributed by atoms with Crippen LogP contribution in [0.4, 0.5) is 0 Å². The lowest BCUT2D eigenvalue weighted by Gasteiger charge is -2.18. The largest absolute Gasteiger partial charge is 0.344 e. The quantitative estimate of drug-likeness (QED) is 0.399. The van der Waals surface area contributed by atoms with E-state index in [4.69, 9.17) is 0 Å². The minimum atomic E-state index is -0.131. The van der Waals surface area contributed by atoms with Gasteiger partial charge in [0.15, 0.2) is 0 Å². The molecule has 0 aliphatic rings. The lowest BCUT2D eigenvalue weighted by molar-refractivity contribution is -0.120. The molecule has 1 unspecified atom stereocenters. The van der Waals surface area contributed by atoms with Gasteiger partial charge in [0.2, 0.25) is 5.91 Å². The Morgan fingerprint density at radius 2 is 1.93 bits per heavy atom. The molecule has 0 saturated heterocycles. The van der Waals surface area contributed by atoms with E-state index in [1.165, 1.54) is 5.56 Å². The SMILES string of the molecule is CCc1ccc(C(NC(=O)Cc2csc(-c3ccsc3)n2)c2cccs2)cc1. The van der Waals surface area contributed by atoms with Gasteiger partial charge in [-0.1, -0.05) is 37.3 Å². The Hall–Kier alpha value is -2.28. The summed E-state index contributed by atoms with van der Waals surface area (Å²) in [5.41, 5.74) is 4.33. The minimum absolute atomic E-state index is 0.0138. The maximum atomic E-state index is 12.8. The number of carbonyl (C=O) groups excluding carboxylic acids is 1. The van der Waals surface area contributed by atoms with E-state index >= 15 is 0 Å². The molecule has 4 rings (SSSR count). The summed E-state index contributed by atoms with van der Waals surface area (Å²) in [6.45, 7) is 2.14. The van der Waals surface area contributed by atoms with E-state index in [1.54, 1.807) is 34.0 Å². The average molecular weight is 425 g/mol. The van der Waals surface area contributed by atoms with Crippen molar-refractivity contribution < 1.29 is 4.79 Å². The van der Waals surface area contributed by atoms with Crippen molar-refractivity contribution in [2.75, 3.05) is 0 Å². The highest BCUT2D eigenvalue weighted by Crippen LogP contribution is 2.28. The molecule has 28 heavy (non-hydrogen) atoms. The van der Waals surface area contributed by atoms with Crippen molar-refractivity contribution in [3.63, 3.8) is 0 Å². The van der Waals surface area contributed by atoms with E-state index in [2.05, 4.69) is 59.0 Å². The van der Waals surface area contributed by atoms with E-state index in [0.29, 0.717) is 0 Å². The number of amides is 1. The van der Waals surface area contributed by atoms with Gasteiger partial charge in [0, 0.05) is 21.2 Å². The van der Waals surface area contributed by atoms with Gasteiger partial charge in [-0.25, -0.2) is 4.98 Å². The Morgan fingerprint density at radius 1 is 1.07 bits per heavy atom. The molecular weight excluding hydrogens is 404 g/mol. The summed E-state index contributed by atoms with van der Waals surface area (Å²) < 4.78 is 0. The molecule has 142 valence electrons. The first-order valence-electron chi connectivity index (χ1n) is 9.11. The molecule has 0 spiro atoms. The normalized spacial score (nSPS) is 12.0. The molecule has 3 nitrogen and oxygen atoms in total. The molecule has 0 radical (unpaired) electrons. The first-order valence-corrected chi connectivity index (χ1v) is 11.8. The first kappa shape index (κ1) is 19.1. The molecule has 3 aromatic heterocycles. The summed E-state index contributed by atoms with van der Waals surface area (Å²) >= 11 is 4.90. The topological polar surface area (TPSA) is 42.0 Å². The van der Waals surface area contributed by atoms with Crippen molar-refractivity contribution in [3.05, 3.63) is 85.7 Å². The van der Waals surface area contributed by atoms with Crippen LogP contribution in [0.15, 0.2) is 64.0 Å². The summed E-state index contributed by atoms with van der Waals surface area (Å²) in [6, 6.07) is 14.5. The van der Waals surface area contributed by atoms with Crippen molar-refractivity contribution in [1.82, 2.24) is 10.3 Å². The molecule has 1 atom stereocenters. The predicted molar refractivity (Wildman–Crippen MR) is 119 cm³/mol. The van der Waals surface area contributed by atoms with Gasteiger partial charge >= 0.3 is 0 Å². The lowest BCUT2D eigenvalue weighted by atomic mass is 10.0. The van der Waals surface area contributed by atoms with Crippen molar-refractivity contribution in [2.24, 2.45) is 0 Å². The maximum Gasteiger partial charge on any atom is 0.226 e. The Kier molecular flexibility index (Phi) is 6.00. The summed E-state index contributed by atoms with van der Waals surface area (Å²) in [4.78, 5) is 18.5. The van der Waals surface area contributed by atoms with Crippen molar-refractivity contribution >= 4 is 39.9 Å². The number of benzene rings is 1. The number of rotatable bonds is 7.